The van der Waals surface area contributed by atoms with E-state index in [0.29, 0.717) is 28.4 Å². The normalized spacial score (nSPS) is 13.6. The van der Waals surface area contributed by atoms with Crippen LogP contribution < -0.4 is 10.1 Å². The second kappa shape index (κ2) is 10.6. The van der Waals surface area contributed by atoms with Crippen LogP contribution in [0.1, 0.15) is 41.2 Å². The quantitative estimate of drug-likeness (QED) is 0.273. The molecule has 8 nitrogen and oxygen atoms in total. The summed E-state index contributed by atoms with van der Waals surface area (Å²) in [7, 11) is 1.39. The molecule has 0 bridgehead atoms. The molecule has 0 aliphatic heterocycles. The van der Waals surface area contributed by atoms with Gasteiger partial charge in [-0.05, 0) is 69.3 Å². The van der Waals surface area contributed by atoms with Crippen LogP contribution in [0.2, 0.25) is 0 Å². The van der Waals surface area contributed by atoms with Crippen LogP contribution in [0.4, 0.5) is 22.0 Å². The topological polar surface area (TPSA) is 117 Å². The molecule has 4 rings (SSSR count). The lowest BCUT2D eigenvalue weighted by atomic mass is 9.90. The van der Waals surface area contributed by atoms with E-state index in [1.165, 1.54) is 25.3 Å². The summed E-state index contributed by atoms with van der Waals surface area (Å²) in [6.45, 7) is 2.49. The van der Waals surface area contributed by atoms with Crippen molar-refractivity contribution in [1.82, 2.24) is 20.5 Å². The van der Waals surface area contributed by atoms with Crippen molar-refractivity contribution in [1.29, 1.82) is 0 Å². The summed E-state index contributed by atoms with van der Waals surface area (Å²) in [5.41, 5.74) is -7.55. The Morgan fingerprint density at radius 2 is 1.66 bits per heavy atom. The van der Waals surface area contributed by atoms with E-state index in [4.69, 9.17) is 4.74 Å². The fraction of sp³-hybridized carbons (Fsp3) is 0.286. The number of methoxy groups -OCH3 is 1. The number of fused-ring (bicyclic) bond motifs is 1. The number of aromatic nitrogens is 3. The largest absolute Gasteiger partial charge is 0.494 e. The van der Waals surface area contributed by atoms with Gasteiger partial charge in [0.2, 0.25) is 5.60 Å². The zero-order valence-electron chi connectivity index (χ0n) is 22.3. The van der Waals surface area contributed by atoms with Gasteiger partial charge < -0.3 is 20.3 Å². The zero-order chi connectivity index (χ0) is 30.3. The van der Waals surface area contributed by atoms with Gasteiger partial charge in [0.1, 0.15) is 17.2 Å². The van der Waals surface area contributed by atoms with Gasteiger partial charge in [0, 0.05) is 22.1 Å². The second-order valence-corrected chi connectivity index (χ2v) is 9.87. The molecule has 0 aliphatic carbocycles. The molecule has 41 heavy (non-hydrogen) atoms. The van der Waals surface area contributed by atoms with Crippen LogP contribution in [0.15, 0.2) is 48.5 Å². The van der Waals surface area contributed by atoms with Crippen molar-refractivity contribution in [3.63, 3.8) is 0 Å². The van der Waals surface area contributed by atoms with E-state index in [9.17, 15) is 32.6 Å². The third-order valence-electron chi connectivity index (χ3n) is 6.48. The SMILES string of the molecule is COc1c(C)nnc2ccc(C(=O)NCC(O)(c3cc(C(C)(C)O)c(F)c(-c4ccc(F)cc4)n3)C(F)(F)F)cc12. The Morgan fingerprint density at radius 3 is 2.24 bits per heavy atom. The predicted molar refractivity (Wildman–Crippen MR) is 138 cm³/mol. The summed E-state index contributed by atoms with van der Waals surface area (Å²) < 4.78 is 77.5. The van der Waals surface area contributed by atoms with Crippen molar-refractivity contribution in [3.05, 3.63) is 82.7 Å². The smallest absolute Gasteiger partial charge is 0.424 e. The lowest BCUT2D eigenvalue weighted by Crippen LogP contribution is -2.51. The van der Waals surface area contributed by atoms with Crippen molar-refractivity contribution in [3.8, 4) is 17.0 Å². The van der Waals surface area contributed by atoms with E-state index in [2.05, 4.69) is 20.5 Å². The summed E-state index contributed by atoms with van der Waals surface area (Å²) >= 11 is 0. The van der Waals surface area contributed by atoms with Crippen LogP contribution in [0.5, 0.6) is 5.75 Å². The number of ether oxygens (including phenoxy) is 1. The summed E-state index contributed by atoms with van der Waals surface area (Å²) in [5.74, 6) is -2.50. The predicted octanol–water partition coefficient (Wildman–Crippen LogP) is 4.69. The highest BCUT2D eigenvalue weighted by Crippen LogP contribution is 2.41. The number of hydrogen-bond donors (Lipinski definition) is 3. The number of pyridine rings is 1. The Hall–Kier alpha value is -4.23. The third-order valence-corrected chi connectivity index (χ3v) is 6.48. The summed E-state index contributed by atoms with van der Waals surface area (Å²) in [6, 6.07) is 8.77. The number of aryl methyl sites for hydroxylation is 1. The molecule has 2 aromatic carbocycles. The average molecular weight is 577 g/mol. The van der Waals surface area contributed by atoms with E-state index in [1.807, 2.05) is 0 Å². The molecular formula is C28H25F5N4O4. The lowest BCUT2D eigenvalue weighted by Gasteiger charge is -2.32. The Balaban J connectivity index is 1.77. The number of carbonyl (C=O) groups excluding carboxylic acids is 1. The maximum Gasteiger partial charge on any atom is 0.424 e. The number of rotatable bonds is 7. The molecule has 216 valence electrons. The van der Waals surface area contributed by atoms with Gasteiger partial charge in [0.05, 0.1) is 30.5 Å². The molecule has 2 heterocycles. The number of amides is 1. The molecule has 3 N–H and O–H groups in total. The molecule has 1 atom stereocenters. The molecule has 2 aromatic heterocycles. The number of hydrogen-bond acceptors (Lipinski definition) is 7. The van der Waals surface area contributed by atoms with E-state index >= 15 is 4.39 Å². The van der Waals surface area contributed by atoms with Crippen LogP contribution >= 0.6 is 0 Å². The van der Waals surface area contributed by atoms with Crippen molar-refractivity contribution in [2.24, 2.45) is 0 Å². The Morgan fingerprint density at radius 1 is 1.00 bits per heavy atom. The van der Waals surface area contributed by atoms with E-state index < -0.39 is 58.4 Å². The van der Waals surface area contributed by atoms with Gasteiger partial charge in [-0.1, -0.05) is 0 Å². The lowest BCUT2D eigenvalue weighted by molar-refractivity contribution is -0.265. The molecule has 1 unspecified atom stereocenters. The first-order chi connectivity index (χ1) is 19.1. The number of carbonyl (C=O) groups is 1. The first kappa shape index (κ1) is 29.7. The average Bonchev–Trinajstić information content (AvgIpc) is 2.90. The molecule has 0 radical (unpaired) electrons. The van der Waals surface area contributed by atoms with Crippen LogP contribution in [0.25, 0.3) is 22.2 Å². The number of halogens is 5. The van der Waals surface area contributed by atoms with E-state index in [-0.39, 0.29) is 11.1 Å². The minimum absolute atomic E-state index is 0.0658. The highest BCUT2D eigenvalue weighted by Gasteiger charge is 2.57. The van der Waals surface area contributed by atoms with E-state index in [1.54, 1.807) is 6.92 Å². The van der Waals surface area contributed by atoms with Crippen molar-refractivity contribution >= 4 is 16.8 Å². The number of benzene rings is 2. The molecule has 0 fully saturated rings. The Labute approximate surface area is 230 Å². The van der Waals surface area contributed by atoms with Crippen molar-refractivity contribution < 1.29 is 41.7 Å². The highest BCUT2D eigenvalue weighted by molar-refractivity contribution is 5.99. The Bertz CT molecular complexity index is 1620. The third kappa shape index (κ3) is 5.68. The first-order valence-electron chi connectivity index (χ1n) is 12.1. The standard InChI is InChI=1S/C28H25F5N4O4/c1-14-24(41-4)18-11-16(7-10-20(18)37-36-14)25(38)34-13-27(40,28(31,32)33)21-12-19(26(2,3)39)22(30)23(35-21)15-5-8-17(29)9-6-15/h5-12,39-40H,13H2,1-4H3,(H,34,38). The molecule has 0 saturated carbocycles. The minimum Gasteiger partial charge on any atom is -0.494 e. The molecule has 0 aliphatic rings. The molecule has 0 saturated heterocycles. The number of aliphatic hydroxyl groups is 2. The zero-order valence-corrected chi connectivity index (χ0v) is 22.3. The van der Waals surface area contributed by atoms with Gasteiger partial charge >= 0.3 is 6.18 Å². The molecule has 4 aromatic rings. The molecule has 1 amide bonds. The first-order valence-corrected chi connectivity index (χ1v) is 12.1. The number of nitrogens with one attached hydrogen (secondary N) is 1. The summed E-state index contributed by atoms with van der Waals surface area (Å²) in [4.78, 5) is 16.7. The Kier molecular flexibility index (Phi) is 7.71. The molecular weight excluding hydrogens is 551 g/mol. The highest BCUT2D eigenvalue weighted by atomic mass is 19.4. The van der Waals surface area contributed by atoms with Crippen molar-refractivity contribution in [2.75, 3.05) is 13.7 Å². The summed E-state index contributed by atoms with van der Waals surface area (Å²) in [5, 5.41) is 31.9. The van der Waals surface area contributed by atoms with Gasteiger partial charge in [-0.25, -0.2) is 13.8 Å². The fourth-order valence-electron chi connectivity index (χ4n) is 4.20. The fourth-order valence-corrected chi connectivity index (χ4v) is 4.20. The maximum atomic E-state index is 15.4. The monoisotopic (exact) mass is 576 g/mol. The molecule has 0 spiro atoms. The van der Waals surface area contributed by atoms with Crippen molar-refractivity contribution in [2.45, 2.75) is 38.1 Å². The molecule has 13 heteroatoms. The minimum atomic E-state index is -5.42. The summed E-state index contributed by atoms with van der Waals surface area (Å²) in [6.07, 6.45) is -5.42. The van der Waals surface area contributed by atoms with Crippen LogP contribution in [0.3, 0.4) is 0 Å². The van der Waals surface area contributed by atoms with Gasteiger partial charge in [-0.3, -0.25) is 4.79 Å². The van der Waals surface area contributed by atoms with E-state index in [0.717, 1.165) is 38.1 Å². The van der Waals surface area contributed by atoms with Gasteiger partial charge in [-0.15, -0.1) is 5.10 Å². The number of alkyl halides is 3. The maximum absolute atomic E-state index is 15.4. The van der Waals surface area contributed by atoms with Gasteiger partial charge in [-0.2, -0.15) is 18.3 Å². The van der Waals surface area contributed by atoms with Gasteiger partial charge in [0.15, 0.2) is 11.6 Å². The van der Waals surface area contributed by atoms with Crippen LogP contribution in [0, 0.1) is 18.6 Å². The second-order valence-electron chi connectivity index (χ2n) is 9.87. The van der Waals surface area contributed by atoms with Gasteiger partial charge in [0.25, 0.3) is 5.91 Å². The van der Waals surface area contributed by atoms with Crippen LogP contribution in [-0.4, -0.2) is 51.1 Å². The van der Waals surface area contributed by atoms with Crippen LogP contribution in [-0.2, 0) is 11.2 Å². The number of nitrogens with zero attached hydrogens (tertiary/aromatic N) is 3.